The molecule has 0 fully saturated rings. The van der Waals surface area contributed by atoms with Gasteiger partial charge in [0.1, 0.15) is 21.7 Å². The van der Waals surface area contributed by atoms with Crippen LogP contribution in [-0.4, -0.2) is 34.4 Å². The first-order valence-corrected chi connectivity index (χ1v) is 15.4. The molecule has 4 aromatic rings. The molecule has 0 N–H and O–H groups in total. The lowest BCUT2D eigenvalue weighted by Gasteiger charge is -2.18. The van der Waals surface area contributed by atoms with Crippen LogP contribution in [-0.2, 0) is 32.5 Å². The molecule has 3 heterocycles. The highest BCUT2D eigenvalue weighted by Crippen LogP contribution is 2.23. The Bertz CT molecular complexity index is 1760. The minimum Gasteiger partial charge on any atom is -0.457 e. The van der Waals surface area contributed by atoms with Crippen molar-refractivity contribution in [3.63, 3.8) is 0 Å². The fourth-order valence-electron chi connectivity index (χ4n) is 3.84. The summed E-state index contributed by atoms with van der Waals surface area (Å²) in [6.45, 7) is 11.2. The molecule has 11 heteroatoms. The predicted octanol–water partition coefficient (Wildman–Crippen LogP) is 5.49. The molecule has 0 spiro atoms. The molecule has 0 aliphatic carbocycles. The Morgan fingerprint density at radius 2 is 1.80 bits per heavy atom. The van der Waals surface area contributed by atoms with E-state index in [-0.39, 0.29) is 16.1 Å². The zero-order chi connectivity index (χ0) is 29.9. The third kappa shape index (κ3) is 7.68. The van der Waals surface area contributed by atoms with Crippen LogP contribution in [0.5, 0.6) is 5.88 Å². The highest BCUT2D eigenvalue weighted by atomic mass is 32.2. The molecule has 3 aromatic heterocycles. The number of fused-ring (bicyclic) bond motifs is 1. The minimum absolute atomic E-state index is 0.0925. The van der Waals surface area contributed by atoms with Gasteiger partial charge in [0, 0.05) is 24.1 Å². The molecule has 0 unspecified atom stereocenters. The Balaban J connectivity index is 1.73. The number of rotatable bonds is 9. The Labute approximate surface area is 243 Å². The van der Waals surface area contributed by atoms with Gasteiger partial charge in [-0.3, -0.25) is 9.20 Å². The van der Waals surface area contributed by atoms with Crippen LogP contribution in [0.1, 0.15) is 67.9 Å². The summed E-state index contributed by atoms with van der Waals surface area (Å²) in [5.41, 5.74) is 1.47. The lowest BCUT2D eigenvalue weighted by molar-refractivity contribution is -0.148. The molecule has 0 saturated heterocycles. The van der Waals surface area contributed by atoms with Gasteiger partial charge in [0.15, 0.2) is 0 Å². The van der Waals surface area contributed by atoms with E-state index >= 15 is 0 Å². The van der Waals surface area contributed by atoms with Crippen molar-refractivity contribution >= 4 is 39.1 Å². The smallest absolute Gasteiger partial charge is 0.340 e. The molecular formula is C30H33N3O6S2. The molecule has 1 aromatic carbocycles. The number of thiazole rings is 1. The minimum atomic E-state index is -4.33. The number of nitrogens with zero attached hydrogens (tertiary/aromatic N) is 3. The molecule has 4 rings (SSSR count). The maximum absolute atomic E-state index is 13.5. The van der Waals surface area contributed by atoms with Crippen molar-refractivity contribution in [1.29, 1.82) is 0 Å². The average molecular weight is 596 g/mol. The first kappa shape index (κ1) is 30.1. The molecule has 0 bridgehead atoms. The van der Waals surface area contributed by atoms with Gasteiger partial charge in [-0.2, -0.15) is 13.4 Å². The second kappa shape index (κ2) is 12.0. The number of ether oxygens (including phenoxy) is 1. The van der Waals surface area contributed by atoms with Gasteiger partial charge in [-0.25, -0.2) is 9.78 Å². The van der Waals surface area contributed by atoms with Crippen LogP contribution in [0.4, 0.5) is 0 Å². The van der Waals surface area contributed by atoms with E-state index in [1.54, 1.807) is 62.6 Å². The van der Waals surface area contributed by atoms with Crippen LogP contribution in [0.3, 0.4) is 0 Å². The summed E-state index contributed by atoms with van der Waals surface area (Å²) < 4.78 is 38.2. The van der Waals surface area contributed by atoms with Gasteiger partial charge in [0.25, 0.3) is 5.56 Å². The monoisotopic (exact) mass is 595 g/mol. The van der Waals surface area contributed by atoms with Crippen molar-refractivity contribution in [2.75, 3.05) is 0 Å². The fourth-order valence-corrected chi connectivity index (χ4v) is 5.70. The number of esters is 1. The molecule has 0 aliphatic heterocycles. The largest absolute Gasteiger partial charge is 0.457 e. The van der Waals surface area contributed by atoms with Crippen LogP contribution in [0.2, 0.25) is 0 Å². The van der Waals surface area contributed by atoms with Crippen molar-refractivity contribution in [1.82, 2.24) is 14.4 Å². The molecule has 0 saturated carbocycles. The van der Waals surface area contributed by atoms with Crippen molar-refractivity contribution in [2.24, 2.45) is 0 Å². The number of pyridine rings is 1. The summed E-state index contributed by atoms with van der Waals surface area (Å²) in [6.07, 6.45) is 5.15. The Morgan fingerprint density at radius 1 is 1.10 bits per heavy atom. The van der Waals surface area contributed by atoms with E-state index in [1.165, 1.54) is 22.6 Å². The third-order valence-corrected chi connectivity index (χ3v) is 8.13. The van der Waals surface area contributed by atoms with E-state index in [1.807, 2.05) is 6.92 Å². The SMILES string of the molecule is Cc1ccc(S(=O)(=O)Oc2nc3cc(CCc4nc(C(C)C)cs4)ccn3c(=O)c2C=CC(=O)OC(C)(C)C)cc1. The van der Waals surface area contributed by atoms with Crippen LogP contribution in [0, 0.1) is 6.92 Å². The fraction of sp³-hybridized carbons (Fsp3) is 0.333. The van der Waals surface area contributed by atoms with Crippen molar-refractivity contribution in [3.05, 3.63) is 91.8 Å². The maximum Gasteiger partial charge on any atom is 0.340 e. The Morgan fingerprint density at radius 3 is 2.44 bits per heavy atom. The summed E-state index contributed by atoms with van der Waals surface area (Å²) in [5.74, 6) is -0.786. The van der Waals surface area contributed by atoms with E-state index in [9.17, 15) is 18.0 Å². The third-order valence-electron chi connectivity index (χ3n) is 5.97. The van der Waals surface area contributed by atoms with Crippen molar-refractivity contribution < 1.29 is 22.1 Å². The summed E-state index contributed by atoms with van der Waals surface area (Å²) in [6, 6.07) is 9.62. The van der Waals surface area contributed by atoms with Gasteiger partial charge >= 0.3 is 16.1 Å². The van der Waals surface area contributed by atoms with Crippen LogP contribution < -0.4 is 9.74 Å². The highest BCUT2D eigenvalue weighted by Gasteiger charge is 2.23. The molecule has 0 amide bonds. The molecular weight excluding hydrogens is 562 g/mol. The number of aryl methyl sites for hydroxylation is 3. The number of benzene rings is 1. The van der Waals surface area contributed by atoms with Gasteiger partial charge in [-0.05, 0) is 75.9 Å². The predicted molar refractivity (Wildman–Crippen MR) is 159 cm³/mol. The zero-order valence-electron chi connectivity index (χ0n) is 23.9. The van der Waals surface area contributed by atoms with Gasteiger partial charge in [-0.1, -0.05) is 31.5 Å². The molecule has 0 aliphatic rings. The normalized spacial score (nSPS) is 12.4. The first-order valence-electron chi connectivity index (χ1n) is 13.1. The van der Waals surface area contributed by atoms with Gasteiger partial charge in [0.2, 0.25) is 5.88 Å². The summed E-state index contributed by atoms with van der Waals surface area (Å²) in [5, 5.41) is 3.07. The van der Waals surface area contributed by atoms with Gasteiger partial charge in [-0.15, -0.1) is 11.3 Å². The topological polar surface area (TPSA) is 117 Å². The van der Waals surface area contributed by atoms with Gasteiger partial charge in [0.05, 0.1) is 10.7 Å². The number of aromatic nitrogens is 3. The van der Waals surface area contributed by atoms with Crippen molar-refractivity contribution in [2.45, 2.75) is 70.8 Å². The quantitative estimate of drug-likeness (QED) is 0.142. The molecule has 41 heavy (non-hydrogen) atoms. The van der Waals surface area contributed by atoms with E-state index in [4.69, 9.17) is 8.92 Å². The zero-order valence-corrected chi connectivity index (χ0v) is 25.5. The second-order valence-corrected chi connectivity index (χ2v) is 13.4. The molecule has 0 atom stereocenters. The number of hydrogen-bond donors (Lipinski definition) is 0. The average Bonchev–Trinajstić information content (AvgIpc) is 3.36. The number of hydrogen-bond acceptors (Lipinski definition) is 9. The first-order chi connectivity index (χ1) is 19.2. The summed E-state index contributed by atoms with van der Waals surface area (Å²) in [7, 11) is -4.33. The van der Waals surface area contributed by atoms with Crippen LogP contribution in [0.25, 0.3) is 11.7 Å². The van der Waals surface area contributed by atoms with E-state index in [2.05, 4.69) is 29.2 Å². The number of carbonyl (C=O) groups is 1. The highest BCUT2D eigenvalue weighted by molar-refractivity contribution is 7.87. The van der Waals surface area contributed by atoms with E-state index in [0.717, 1.165) is 27.9 Å². The Kier molecular flexibility index (Phi) is 8.79. The maximum atomic E-state index is 13.5. The lowest BCUT2D eigenvalue weighted by Crippen LogP contribution is -2.23. The number of carbonyl (C=O) groups excluding carboxylic acids is 1. The second-order valence-electron chi connectivity index (χ2n) is 10.9. The van der Waals surface area contributed by atoms with Crippen LogP contribution >= 0.6 is 11.3 Å². The molecule has 0 radical (unpaired) electrons. The van der Waals surface area contributed by atoms with Crippen molar-refractivity contribution in [3.8, 4) is 5.88 Å². The van der Waals surface area contributed by atoms with Gasteiger partial charge < -0.3 is 8.92 Å². The Hall–Kier alpha value is -3.83. The summed E-state index contributed by atoms with van der Waals surface area (Å²) in [4.78, 5) is 34.8. The lowest BCUT2D eigenvalue weighted by atomic mass is 10.1. The molecule has 9 nitrogen and oxygen atoms in total. The summed E-state index contributed by atoms with van der Waals surface area (Å²) >= 11 is 1.61. The van der Waals surface area contributed by atoms with Crippen LogP contribution in [0.15, 0.2) is 63.7 Å². The molecule has 216 valence electrons. The standard InChI is InChI=1S/C30H33N3O6S2/c1-19(2)24-18-40-26(31-24)13-9-21-15-16-33-25(17-21)32-28(39-41(36,37)22-10-7-20(3)8-11-22)23(29(33)35)12-14-27(34)38-30(4,5)6/h7-8,10-12,14-19H,9,13H2,1-6H3. The van der Waals surface area contributed by atoms with E-state index < -0.39 is 33.1 Å². The van der Waals surface area contributed by atoms with E-state index in [0.29, 0.717) is 18.8 Å².